The van der Waals surface area contributed by atoms with E-state index in [0.717, 1.165) is 58.5 Å². The Hall–Kier alpha value is -4.51. The molecule has 2 saturated carbocycles. The van der Waals surface area contributed by atoms with Crippen molar-refractivity contribution in [3.05, 3.63) is 60.0 Å². The van der Waals surface area contributed by atoms with Crippen molar-refractivity contribution in [2.75, 3.05) is 20.7 Å². The van der Waals surface area contributed by atoms with Crippen molar-refractivity contribution >= 4 is 34.2 Å². The number of aliphatic imine (C=N–C) groups is 1. The van der Waals surface area contributed by atoms with Gasteiger partial charge in [0.05, 0.1) is 37.6 Å². The molecule has 5 heterocycles. The topological polar surface area (TPSA) is 121 Å². The van der Waals surface area contributed by atoms with Gasteiger partial charge in [-0.2, -0.15) is 5.10 Å². The maximum Gasteiger partial charge on any atom is 0.254 e. The zero-order valence-electron chi connectivity index (χ0n) is 25.1. The highest BCUT2D eigenvalue weighted by molar-refractivity contribution is 6.00. The highest BCUT2D eigenvalue weighted by Crippen LogP contribution is 2.40. The number of methoxy groups -OCH3 is 1. The third-order valence-electron chi connectivity index (χ3n) is 9.69. The van der Waals surface area contributed by atoms with Crippen LogP contribution in [-0.2, 0) is 19.6 Å². The molecule has 0 radical (unpaired) electrons. The predicted octanol–water partition coefficient (Wildman–Crippen LogP) is 3.98. The molecule has 4 aromatic heterocycles. The average molecular weight is 592 g/mol. The molecular weight excluding hydrogens is 554 g/mol. The molecule has 2 N–H and O–H groups in total. The first-order valence-corrected chi connectivity index (χ1v) is 15.5. The van der Waals surface area contributed by atoms with E-state index in [1.807, 2.05) is 52.6 Å². The fourth-order valence-electron chi connectivity index (χ4n) is 7.26. The average Bonchev–Trinajstić information content (AvgIpc) is 3.34. The van der Waals surface area contributed by atoms with E-state index in [0.29, 0.717) is 42.8 Å². The molecule has 2 bridgehead atoms. The van der Waals surface area contributed by atoms with Crippen molar-refractivity contribution in [3.8, 4) is 17.3 Å². The van der Waals surface area contributed by atoms with Crippen molar-refractivity contribution < 1.29 is 9.53 Å². The molecule has 2 unspecified atom stereocenters. The van der Waals surface area contributed by atoms with E-state index in [-0.39, 0.29) is 18.0 Å². The summed E-state index contributed by atoms with van der Waals surface area (Å²) in [7, 11) is 3.42. The monoisotopic (exact) mass is 591 g/mol. The summed E-state index contributed by atoms with van der Waals surface area (Å²) in [4.78, 5) is 30.0. The Kier molecular flexibility index (Phi) is 6.51. The minimum Gasteiger partial charge on any atom is -0.494 e. The number of rotatable bonds is 9. The second-order valence-corrected chi connectivity index (χ2v) is 12.5. The predicted molar refractivity (Wildman–Crippen MR) is 169 cm³/mol. The van der Waals surface area contributed by atoms with Gasteiger partial charge in [0, 0.05) is 67.3 Å². The molecule has 11 nitrogen and oxygen atoms in total. The molecule has 11 heteroatoms. The number of carbonyl (C=O) groups is 1. The van der Waals surface area contributed by atoms with Crippen molar-refractivity contribution in [1.82, 2.24) is 33.8 Å². The van der Waals surface area contributed by atoms with E-state index in [1.54, 1.807) is 14.2 Å². The van der Waals surface area contributed by atoms with Gasteiger partial charge in [-0.25, -0.2) is 9.97 Å². The van der Waals surface area contributed by atoms with E-state index in [9.17, 15) is 4.79 Å². The zero-order chi connectivity index (χ0) is 29.9. The summed E-state index contributed by atoms with van der Waals surface area (Å²) in [6, 6.07) is 10.2. The molecule has 5 aromatic rings. The Morgan fingerprint density at radius 3 is 2.82 bits per heavy atom. The lowest BCUT2D eigenvalue weighted by atomic mass is 10.1. The molecular formula is C33H37N9O2. The first-order chi connectivity index (χ1) is 21.5. The van der Waals surface area contributed by atoms with E-state index in [2.05, 4.69) is 31.4 Å². The number of pyridine rings is 1. The number of carbonyl (C=O) groups excluding carboxylic acids is 1. The molecule has 226 valence electrons. The number of nitrogens with zero attached hydrogens (tertiary/aromatic N) is 8. The smallest absolute Gasteiger partial charge is 0.254 e. The SMILES string of the molecule is C/N=C/Cn1cc(Cn2c(-c3cc4cccnc4n3CC3CC3)nc3cc(C(=O)N4CC5CCC4[C@@H]5N)cc(OC)c32)cn1. The summed E-state index contributed by atoms with van der Waals surface area (Å²) in [5.41, 5.74) is 11.6. The molecule has 3 aliphatic rings. The Balaban J connectivity index is 1.28. The normalized spacial score (nSPS) is 21.4. The lowest BCUT2D eigenvalue weighted by Gasteiger charge is -2.27. The number of benzene rings is 1. The van der Waals surface area contributed by atoms with Crippen LogP contribution in [0.5, 0.6) is 5.75 Å². The molecule has 1 saturated heterocycles. The van der Waals surface area contributed by atoms with Gasteiger partial charge in [-0.1, -0.05) is 0 Å². The standard InChI is InChI=1S/C33H37N9O2/c1-35-10-11-39-16-21(15-37-39)18-42-30-25(12-24(14-28(30)44-2)33(43)41-19-23-7-8-26(41)29(23)34)38-32(42)27-13-22-4-3-9-36-31(22)40(27)17-20-5-6-20/h3-4,9-10,12-16,20,23,26,29H,5-8,11,17-19,34H2,1-2H3/b35-10+/t23?,26?,29-/m1/s1. The number of piperidine rings is 1. The van der Waals surface area contributed by atoms with Gasteiger partial charge in [-0.05, 0) is 67.9 Å². The van der Waals surface area contributed by atoms with Crippen molar-refractivity contribution in [2.45, 2.75) is 57.4 Å². The van der Waals surface area contributed by atoms with Crippen LogP contribution in [0.1, 0.15) is 41.6 Å². The lowest BCUT2D eigenvalue weighted by molar-refractivity contribution is 0.0700. The second kappa shape index (κ2) is 10.6. The van der Waals surface area contributed by atoms with Gasteiger partial charge in [0.25, 0.3) is 5.91 Å². The Bertz CT molecular complexity index is 1910. The van der Waals surface area contributed by atoms with Crippen LogP contribution >= 0.6 is 0 Å². The highest BCUT2D eigenvalue weighted by atomic mass is 16.5. The number of aromatic nitrogens is 6. The number of ether oxygens (including phenoxy) is 1. The van der Waals surface area contributed by atoms with Crippen LogP contribution in [-0.4, -0.2) is 78.7 Å². The van der Waals surface area contributed by atoms with Crippen LogP contribution in [0.25, 0.3) is 33.6 Å². The van der Waals surface area contributed by atoms with Crippen molar-refractivity contribution in [1.29, 1.82) is 0 Å². The van der Waals surface area contributed by atoms with E-state index in [1.165, 1.54) is 12.8 Å². The number of hydrogen-bond acceptors (Lipinski definition) is 7. The van der Waals surface area contributed by atoms with Crippen molar-refractivity contribution in [3.63, 3.8) is 0 Å². The van der Waals surface area contributed by atoms with Gasteiger partial charge < -0.3 is 24.5 Å². The number of imidazole rings is 1. The maximum atomic E-state index is 13.9. The van der Waals surface area contributed by atoms with Crippen LogP contribution in [0.15, 0.2) is 53.9 Å². The first-order valence-electron chi connectivity index (χ1n) is 15.5. The van der Waals surface area contributed by atoms with Gasteiger partial charge in [0.2, 0.25) is 0 Å². The number of nitrogens with two attached hydrogens (primary N) is 1. The zero-order valence-corrected chi connectivity index (χ0v) is 25.1. The minimum atomic E-state index is -0.00476. The Morgan fingerprint density at radius 2 is 2.07 bits per heavy atom. The van der Waals surface area contributed by atoms with Gasteiger partial charge in [-0.15, -0.1) is 0 Å². The fraction of sp³-hybridized carbons (Fsp3) is 0.424. The third-order valence-corrected chi connectivity index (χ3v) is 9.69. The van der Waals surface area contributed by atoms with E-state index >= 15 is 0 Å². The van der Waals surface area contributed by atoms with Gasteiger partial charge in [-0.3, -0.25) is 14.5 Å². The fourth-order valence-corrected chi connectivity index (χ4v) is 7.26. The number of likely N-dealkylation sites (tertiary alicyclic amines) is 1. The molecule has 2 aliphatic carbocycles. The largest absolute Gasteiger partial charge is 0.494 e. The van der Waals surface area contributed by atoms with E-state index in [4.69, 9.17) is 20.4 Å². The maximum absolute atomic E-state index is 13.9. The molecule has 1 aliphatic heterocycles. The molecule has 1 amide bonds. The molecule has 44 heavy (non-hydrogen) atoms. The highest BCUT2D eigenvalue weighted by Gasteiger charge is 2.47. The van der Waals surface area contributed by atoms with Gasteiger partial charge in [0.1, 0.15) is 16.9 Å². The number of hydrogen-bond donors (Lipinski definition) is 1. The summed E-state index contributed by atoms with van der Waals surface area (Å²) < 4.78 is 12.4. The summed E-state index contributed by atoms with van der Waals surface area (Å²) in [5.74, 6) is 2.45. The summed E-state index contributed by atoms with van der Waals surface area (Å²) in [6.07, 6.45) is 12.1. The summed E-state index contributed by atoms with van der Waals surface area (Å²) >= 11 is 0. The summed E-state index contributed by atoms with van der Waals surface area (Å²) in [6.45, 7) is 2.74. The minimum absolute atomic E-state index is 0.00476. The first kappa shape index (κ1) is 27.1. The second-order valence-electron chi connectivity index (χ2n) is 12.5. The Morgan fingerprint density at radius 1 is 1.18 bits per heavy atom. The Labute approximate surface area is 255 Å². The molecule has 0 spiro atoms. The number of fused-ring (bicyclic) bond motifs is 4. The molecule has 3 fully saturated rings. The quantitative estimate of drug-likeness (QED) is 0.259. The van der Waals surface area contributed by atoms with Crippen molar-refractivity contribution in [2.24, 2.45) is 22.6 Å². The van der Waals surface area contributed by atoms with E-state index < -0.39 is 0 Å². The van der Waals surface area contributed by atoms with Crippen LogP contribution < -0.4 is 10.5 Å². The lowest BCUT2D eigenvalue weighted by Crippen LogP contribution is -2.41. The summed E-state index contributed by atoms with van der Waals surface area (Å²) in [5, 5.41) is 5.63. The molecule has 3 atom stereocenters. The van der Waals surface area contributed by atoms with Crippen LogP contribution in [0, 0.1) is 11.8 Å². The third kappa shape index (κ3) is 4.49. The van der Waals surface area contributed by atoms with Crippen LogP contribution in [0.2, 0.25) is 0 Å². The van der Waals surface area contributed by atoms with Gasteiger partial charge >= 0.3 is 0 Å². The van der Waals surface area contributed by atoms with Gasteiger partial charge in [0.15, 0.2) is 5.82 Å². The molecule has 1 aromatic carbocycles. The molecule has 8 rings (SSSR count). The van der Waals surface area contributed by atoms with Crippen LogP contribution in [0.3, 0.4) is 0 Å². The number of amides is 1. The van der Waals surface area contributed by atoms with Crippen LogP contribution in [0.4, 0.5) is 0 Å².